The minimum atomic E-state index is -1.72. The second kappa shape index (κ2) is 12.2. The van der Waals surface area contributed by atoms with E-state index in [4.69, 9.17) is 18.6 Å². The van der Waals surface area contributed by atoms with E-state index in [1.165, 1.54) is 30.3 Å². The van der Waals surface area contributed by atoms with Crippen LogP contribution < -0.4 is 10.2 Å². The molecule has 1 aromatic heterocycles. The third-order valence-electron chi connectivity index (χ3n) is 7.76. The van der Waals surface area contributed by atoms with E-state index in [9.17, 15) is 55.9 Å². The van der Waals surface area contributed by atoms with Gasteiger partial charge in [0, 0.05) is 23.6 Å². The summed E-state index contributed by atoms with van der Waals surface area (Å²) in [5, 5.41) is 101. The second-order valence-electron chi connectivity index (χ2n) is 10.6. The van der Waals surface area contributed by atoms with Crippen LogP contribution in [0.1, 0.15) is 6.42 Å². The Bertz CT molecular complexity index is 1490. The highest BCUT2D eigenvalue weighted by atomic mass is 16.7. The summed E-state index contributed by atoms with van der Waals surface area (Å²) in [5.41, 5.74) is -0.869. The summed E-state index contributed by atoms with van der Waals surface area (Å²) in [6.07, 6.45) is -13.9. The van der Waals surface area contributed by atoms with E-state index in [0.29, 0.717) is 0 Å². The van der Waals surface area contributed by atoms with Gasteiger partial charge in [-0.05, 0) is 30.7 Å². The van der Waals surface area contributed by atoms with Gasteiger partial charge in [-0.25, -0.2) is 0 Å². The Kier molecular flexibility index (Phi) is 8.80. The van der Waals surface area contributed by atoms with Crippen molar-refractivity contribution in [2.45, 2.75) is 61.5 Å². The number of hydrogen-bond donors (Lipinski definition) is 10. The van der Waals surface area contributed by atoms with Crippen LogP contribution in [-0.4, -0.2) is 119 Å². The summed E-state index contributed by atoms with van der Waals surface area (Å²) in [5.74, 6) is -2.70. The number of fused-ring (bicyclic) bond motifs is 1. The van der Waals surface area contributed by atoms with Crippen LogP contribution in [0.25, 0.3) is 22.3 Å². The molecule has 1 aliphatic carbocycles. The summed E-state index contributed by atoms with van der Waals surface area (Å²) >= 11 is 0. The van der Waals surface area contributed by atoms with Crippen LogP contribution in [0.5, 0.6) is 23.0 Å². The Morgan fingerprint density at radius 1 is 0.837 bits per heavy atom. The van der Waals surface area contributed by atoms with Gasteiger partial charge in [-0.15, -0.1) is 0 Å². The van der Waals surface area contributed by atoms with Crippen LogP contribution in [0.15, 0.2) is 45.6 Å². The first-order chi connectivity index (χ1) is 20.4. The van der Waals surface area contributed by atoms with E-state index in [1.807, 2.05) is 0 Å². The Labute approximate surface area is 242 Å². The van der Waals surface area contributed by atoms with Crippen molar-refractivity contribution >= 4 is 11.0 Å². The zero-order valence-corrected chi connectivity index (χ0v) is 22.4. The number of phenolic OH excluding ortho intramolecular Hbond substituents is 2. The first-order valence-electron chi connectivity index (χ1n) is 13.4. The molecule has 10 N–H and O–H groups in total. The third-order valence-corrected chi connectivity index (χ3v) is 7.76. The molecule has 2 fully saturated rings. The molecule has 5 rings (SSSR count). The maximum Gasteiger partial charge on any atom is 0.238 e. The molecule has 1 saturated carbocycles. The van der Waals surface area contributed by atoms with Crippen LogP contribution in [0.2, 0.25) is 0 Å². The lowest BCUT2D eigenvalue weighted by Crippen LogP contribution is -2.60. The Morgan fingerprint density at radius 2 is 1.51 bits per heavy atom. The molecule has 0 amide bonds. The number of aliphatic hydroxyl groups is 7. The molecule has 1 aliphatic heterocycles. The maximum atomic E-state index is 12.8. The fourth-order valence-corrected chi connectivity index (χ4v) is 5.30. The van der Waals surface area contributed by atoms with Crippen LogP contribution in [0, 0.1) is 5.92 Å². The lowest BCUT2D eigenvalue weighted by molar-refractivity contribution is -0.306. The largest absolute Gasteiger partial charge is 0.508 e. The maximum absolute atomic E-state index is 12.8. The number of aromatic hydroxyl groups is 3. The third kappa shape index (κ3) is 5.86. The molecular weight excluding hydrogens is 576 g/mol. The van der Waals surface area contributed by atoms with Gasteiger partial charge in [0.05, 0.1) is 19.3 Å². The standard InChI is InChI=1S/C28H32O15/c29-8-17-21(34)24(37)26(39)28(43-17)40-9-11-5-16(20(33)23(36)19(11)32)41-13-6-14(31)18-15(7-13)42-27(25(38)22(18)35)10-1-3-12(30)4-2-10/h1-4,6-7,11,16-17,19-21,23-24,26,28-34,36-39H,5,8-9H2/t11-,16+,17-,19-,20+,21-,23+,24+,26-,28+/m1/s1. The van der Waals surface area contributed by atoms with Crippen LogP contribution in [0.4, 0.5) is 0 Å². The van der Waals surface area contributed by atoms with E-state index in [-0.39, 0.29) is 46.8 Å². The molecule has 2 heterocycles. The Hall–Kier alpha value is -3.51. The minimum Gasteiger partial charge on any atom is -0.508 e. The van der Waals surface area contributed by atoms with Crippen LogP contribution >= 0.6 is 0 Å². The molecule has 0 unspecified atom stereocenters. The van der Waals surface area contributed by atoms with Gasteiger partial charge in [-0.3, -0.25) is 4.79 Å². The monoisotopic (exact) mass is 608 g/mol. The molecule has 3 aromatic rings. The fourth-order valence-electron chi connectivity index (χ4n) is 5.30. The zero-order valence-electron chi connectivity index (χ0n) is 22.4. The van der Waals surface area contributed by atoms with Crippen molar-refractivity contribution in [1.29, 1.82) is 0 Å². The Balaban J connectivity index is 1.37. The molecule has 1 saturated heterocycles. The molecule has 0 radical (unpaired) electrons. The van der Waals surface area contributed by atoms with Crippen molar-refractivity contribution in [2.75, 3.05) is 13.2 Å². The average molecular weight is 609 g/mol. The molecule has 15 heteroatoms. The van der Waals surface area contributed by atoms with Crippen molar-refractivity contribution in [1.82, 2.24) is 0 Å². The Morgan fingerprint density at radius 3 is 2.19 bits per heavy atom. The quantitative estimate of drug-likeness (QED) is 0.142. The zero-order chi connectivity index (χ0) is 31.2. The highest BCUT2D eigenvalue weighted by Gasteiger charge is 2.47. The van der Waals surface area contributed by atoms with Crippen molar-refractivity contribution in [3.63, 3.8) is 0 Å². The van der Waals surface area contributed by atoms with Crippen LogP contribution in [-0.2, 0) is 9.47 Å². The number of benzene rings is 2. The van der Waals surface area contributed by atoms with Crippen molar-refractivity contribution in [3.8, 4) is 34.3 Å². The van der Waals surface area contributed by atoms with Gasteiger partial charge in [-0.2, -0.15) is 0 Å². The predicted octanol–water partition coefficient (Wildman–Crippen LogP) is -1.76. The molecule has 2 aromatic carbocycles. The van der Waals surface area contributed by atoms with Crippen molar-refractivity contribution in [2.24, 2.45) is 5.92 Å². The van der Waals surface area contributed by atoms with Gasteiger partial charge < -0.3 is 69.7 Å². The topological polar surface area (TPSA) is 260 Å². The molecule has 0 bridgehead atoms. The highest BCUT2D eigenvalue weighted by molar-refractivity contribution is 5.88. The van der Waals surface area contributed by atoms with Crippen molar-refractivity contribution < 1.29 is 69.7 Å². The number of aliphatic hydroxyl groups excluding tert-OH is 7. The number of rotatable bonds is 7. The number of ether oxygens (including phenoxy) is 3. The van der Waals surface area contributed by atoms with E-state index in [1.54, 1.807) is 0 Å². The minimum absolute atomic E-state index is 0.0602. The molecule has 43 heavy (non-hydrogen) atoms. The predicted molar refractivity (Wildman–Crippen MR) is 143 cm³/mol. The van der Waals surface area contributed by atoms with E-state index in [0.717, 1.165) is 6.07 Å². The fraction of sp³-hybridized carbons (Fsp3) is 0.464. The SMILES string of the molecule is O=c1c(O)c(-c2ccc(O)cc2)oc2cc(O[C@H]3C[C@H](CO[C@H]4O[C@H](CO)[C@@H](O)[C@H](O)[C@H]4O)[C@@H](O)[C@H](O)[C@H]3O)cc(O)c12. The van der Waals surface area contributed by atoms with E-state index < -0.39 is 84.6 Å². The molecule has 0 spiro atoms. The lowest BCUT2D eigenvalue weighted by atomic mass is 9.81. The summed E-state index contributed by atoms with van der Waals surface area (Å²) in [7, 11) is 0. The van der Waals surface area contributed by atoms with E-state index >= 15 is 0 Å². The summed E-state index contributed by atoms with van der Waals surface area (Å²) in [4.78, 5) is 12.8. The number of hydrogen-bond acceptors (Lipinski definition) is 15. The highest BCUT2D eigenvalue weighted by Crippen LogP contribution is 2.37. The van der Waals surface area contributed by atoms with Crippen molar-refractivity contribution in [3.05, 3.63) is 46.6 Å². The molecule has 2 aliphatic rings. The van der Waals surface area contributed by atoms with Gasteiger partial charge in [0.1, 0.15) is 70.9 Å². The van der Waals surface area contributed by atoms with Gasteiger partial charge >= 0.3 is 0 Å². The van der Waals surface area contributed by atoms with Gasteiger partial charge in [0.15, 0.2) is 12.1 Å². The normalized spacial score (nSPS) is 33.0. The average Bonchev–Trinajstić information content (AvgIpc) is 2.98. The lowest BCUT2D eigenvalue weighted by Gasteiger charge is -2.42. The van der Waals surface area contributed by atoms with Crippen LogP contribution in [0.3, 0.4) is 0 Å². The van der Waals surface area contributed by atoms with Gasteiger partial charge in [0.25, 0.3) is 0 Å². The number of phenols is 2. The first kappa shape index (κ1) is 30.9. The summed E-state index contributed by atoms with van der Waals surface area (Å²) < 4.78 is 22.3. The smallest absolute Gasteiger partial charge is 0.238 e. The summed E-state index contributed by atoms with van der Waals surface area (Å²) in [6, 6.07) is 7.70. The molecule has 15 nitrogen and oxygen atoms in total. The second-order valence-corrected chi connectivity index (χ2v) is 10.6. The van der Waals surface area contributed by atoms with E-state index in [2.05, 4.69) is 0 Å². The molecular formula is C28H32O15. The van der Waals surface area contributed by atoms with Gasteiger partial charge in [0.2, 0.25) is 11.2 Å². The molecule has 10 atom stereocenters. The molecule has 234 valence electrons. The summed E-state index contributed by atoms with van der Waals surface area (Å²) in [6.45, 7) is -1.05. The first-order valence-corrected chi connectivity index (χ1v) is 13.4. The van der Waals surface area contributed by atoms with Gasteiger partial charge in [-0.1, -0.05) is 0 Å².